The molecule has 1 aromatic carbocycles. The van der Waals surface area contributed by atoms with Crippen molar-refractivity contribution in [2.45, 2.75) is 44.4 Å². The summed E-state index contributed by atoms with van der Waals surface area (Å²) in [4.78, 5) is 13.7. The van der Waals surface area contributed by atoms with E-state index in [1.165, 1.54) is 0 Å². The predicted octanol–water partition coefficient (Wildman–Crippen LogP) is 4.80. The number of aliphatic hydroxyl groups excluding tert-OH is 1. The highest BCUT2D eigenvalue weighted by Gasteiger charge is 2.20. The van der Waals surface area contributed by atoms with E-state index in [1.807, 2.05) is 31.3 Å². The number of rotatable bonds is 7. The second kappa shape index (κ2) is 10.4. The van der Waals surface area contributed by atoms with Crippen LogP contribution in [0.15, 0.2) is 48.8 Å². The van der Waals surface area contributed by atoms with Gasteiger partial charge in [0.25, 0.3) is 0 Å². The molecule has 0 radical (unpaired) electrons. The summed E-state index contributed by atoms with van der Waals surface area (Å²) in [7, 11) is 1.93. The number of hydrogen-bond acceptors (Lipinski definition) is 9. The first-order valence-corrected chi connectivity index (χ1v) is 12.5. The van der Waals surface area contributed by atoms with Crippen molar-refractivity contribution >= 4 is 38.3 Å². The van der Waals surface area contributed by atoms with Gasteiger partial charge in [0.2, 0.25) is 0 Å². The number of nitrogens with zero attached hydrogens (tertiary/aromatic N) is 4. The molecule has 0 atom stereocenters. The molecule has 0 aliphatic heterocycles. The van der Waals surface area contributed by atoms with E-state index >= 15 is 0 Å². The monoisotopic (exact) mass is 485 g/mol. The van der Waals surface area contributed by atoms with Gasteiger partial charge in [-0.1, -0.05) is 17.4 Å². The first-order valence-electron chi connectivity index (χ1n) is 11.7. The lowest BCUT2D eigenvalue weighted by Gasteiger charge is -2.27. The van der Waals surface area contributed by atoms with E-state index in [0.29, 0.717) is 11.6 Å². The van der Waals surface area contributed by atoms with Crippen LogP contribution in [-0.2, 0) is 6.54 Å². The minimum Gasteiger partial charge on any atom is -0.393 e. The average molecular weight is 486 g/mol. The Morgan fingerprint density at radius 2 is 1.86 bits per heavy atom. The van der Waals surface area contributed by atoms with E-state index in [2.05, 4.69) is 39.1 Å². The zero-order chi connectivity index (χ0) is 24.2. The van der Waals surface area contributed by atoms with Gasteiger partial charge in [0.15, 0.2) is 5.13 Å². The third kappa shape index (κ3) is 5.57. The number of hydrogen-bond donors (Lipinski definition) is 4. The van der Waals surface area contributed by atoms with Gasteiger partial charge in [0.1, 0.15) is 17.7 Å². The van der Waals surface area contributed by atoms with E-state index in [9.17, 15) is 5.11 Å². The van der Waals surface area contributed by atoms with Gasteiger partial charge in [-0.2, -0.15) is 5.26 Å². The fourth-order valence-electron chi connectivity index (χ4n) is 4.39. The Balaban J connectivity index is 1.38. The van der Waals surface area contributed by atoms with Gasteiger partial charge in [-0.25, -0.2) is 9.97 Å². The van der Waals surface area contributed by atoms with Gasteiger partial charge in [0, 0.05) is 30.5 Å². The molecule has 178 valence electrons. The van der Waals surface area contributed by atoms with Crippen molar-refractivity contribution in [2.75, 3.05) is 17.7 Å². The minimum absolute atomic E-state index is 0.181. The van der Waals surface area contributed by atoms with E-state index in [4.69, 9.17) is 15.2 Å². The SMILES string of the molecule is CNCc1cc(Nc2nc3ccc(-c4cncc(C#N)c4)cc3s2)nc(NC2CCC(O)CC2)c1. The summed E-state index contributed by atoms with van der Waals surface area (Å²) in [6, 6.07) is 14.5. The highest BCUT2D eigenvalue weighted by atomic mass is 32.1. The van der Waals surface area contributed by atoms with Gasteiger partial charge < -0.3 is 21.1 Å². The van der Waals surface area contributed by atoms with Crippen molar-refractivity contribution in [3.05, 3.63) is 59.9 Å². The van der Waals surface area contributed by atoms with Crippen LogP contribution < -0.4 is 16.0 Å². The number of anilines is 3. The minimum atomic E-state index is -0.181. The normalized spacial score (nSPS) is 17.7. The van der Waals surface area contributed by atoms with Crippen molar-refractivity contribution in [2.24, 2.45) is 0 Å². The Morgan fingerprint density at radius 3 is 2.66 bits per heavy atom. The smallest absolute Gasteiger partial charge is 0.189 e. The number of fused-ring (bicyclic) bond motifs is 1. The molecule has 0 spiro atoms. The van der Waals surface area contributed by atoms with E-state index in [-0.39, 0.29) is 6.10 Å². The molecule has 4 N–H and O–H groups in total. The van der Waals surface area contributed by atoms with Crippen LogP contribution in [0, 0.1) is 11.3 Å². The molecule has 8 nitrogen and oxygen atoms in total. The van der Waals surface area contributed by atoms with E-state index < -0.39 is 0 Å². The van der Waals surface area contributed by atoms with Crippen LogP contribution >= 0.6 is 11.3 Å². The van der Waals surface area contributed by atoms with Gasteiger partial charge in [-0.05, 0) is 74.2 Å². The number of nitriles is 1. The molecule has 4 aromatic rings. The zero-order valence-corrected chi connectivity index (χ0v) is 20.3. The molecule has 9 heteroatoms. The summed E-state index contributed by atoms with van der Waals surface area (Å²) in [5.41, 5.74) is 4.46. The average Bonchev–Trinajstić information content (AvgIpc) is 3.27. The second-order valence-electron chi connectivity index (χ2n) is 8.83. The quantitative estimate of drug-likeness (QED) is 0.295. The van der Waals surface area contributed by atoms with Crippen LogP contribution in [0.25, 0.3) is 21.3 Å². The highest BCUT2D eigenvalue weighted by Crippen LogP contribution is 2.32. The molecule has 3 heterocycles. The molecule has 0 unspecified atom stereocenters. The fraction of sp³-hybridized carbons (Fsp3) is 0.308. The van der Waals surface area contributed by atoms with E-state index in [1.54, 1.807) is 23.7 Å². The summed E-state index contributed by atoms with van der Waals surface area (Å²) in [6.07, 6.45) is 6.67. The van der Waals surface area contributed by atoms with E-state index in [0.717, 1.165) is 75.9 Å². The Bertz CT molecular complexity index is 1370. The molecule has 1 aliphatic carbocycles. The van der Waals surface area contributed by atoms with Crippen LogP contribution in [0.1, 0.15) is 36.8 Å². The van der Waals surface area contributed by atoms with Crippen LogP contribution in [0.2, 0.25) is 0 Å². The molecular formula is C26H27N7OS. The fourth-order valence-corrected chi connectivity index (χ4v) is 5.30. The number of pyridine rings is 2. The Kier molecular flexibility index (Phi) is 6.86. The van der Waals surface area contributed by atoms with Crippen molar-refractivity contribution in [1.82, 2.24) is 20.3 Å². The third-order valence-electron chi connectivity index (χ3n) is 6.14. The van der Waals surface area contributed by atoms with Crippen LogP contribution in [0.5, 0.6) is 0 Å². The molecule has 1 saturated carbocycles. The summed E-state index contributed by atoms with van der Waals surface area (Å²) in [5, 5.41) is 29.9. The Morgan fingerprint density at radius 1 is 1.03 bits per heavy atom. The predicted molar refractivity (Wildman–Crippen MR) is 140 cm³/mol. The van der Waals surface area contributed by atoms with Crippen molar-refractivity contribution < 1.29 is 5.11 Å². The van der Waals surface area contributed by atoms with Crippen LogP contribution in [0.3, 0.4) is 0 Å². The topological polar surface area (TPSA) is 119 Å². The molecule has 1 fully saturated rings. The summed E-state index contributed by atoms with van der Waals surface area (Å²) in [6.45, 7) is 0.730. The largest absolute Gasteiger partial charge is 0.393 e. The molecule has 5 rings (SSSR count). The van der Waals surface area contributed by atoms with Crippen molar-refractivity contribution in [1.29, 1.82) is 5.26 Å². The van der Waals surface area contributed by atoms with Gasteiger partial charge >= 0.3 is 0 Å². The van der Waals surface area contributed by atoms with Gasteiger partial charge in [-0.3, -0.25) is 4.98 Å². The number of aromatic nitrogens is 3. The Hall–Kier alpha value is -3.58. The standard InChI is InChI=1S/C26H27N7OS/c1-28-13-16-9-24(30-20-3-5-21(34)6-4-20)32-25(10-16)33-26-31-22-7-2-18(11-23(22)35-26)19-8-17(12-27)14-29-15-19/h2,7-11,14-15,20-21,28,34H,3-6,13H2,1H3,(H2,30,31,32,33). The van der Waals surface area contributed by atoms with Gasteiger partial charge in [0.05, 0.1) is 21.9 Å². The lowest BCUT2D eigenvalue weighted by molar-refractivity contribution is 0.126. The van der Waals surface area contributed by atoms with Gasteiger partial charge in [-0.15, -0.1) is 0 Å². The molecule has 0 saturated heterocycles. The number of aliphatic hydroxyl groups is 1. The summed E-state index contributed by atoms with van der Waals surface area (Å²) < 4.78 is 1.04. The summed E-state index contributed by atoms with van der Waals surface area (Å²) in [5.74, 6) is 1.57. The maximum Gasteiger partial charge on any atom is 0.189 e. The lowest BCUT2D eigenvalue weighted by Crippen LogP contribution is -2.28. The van der Waals surface area contributed by atoms with Crippen LogP contribution in [-0.4, -0.2) is 39.3 Å². The second-order valence-corrected chi connectivity index (χ2v) is 9.86. The molecule has 0 amide bonds. The molecule has 1 aliphatic rings. The maximum atomic E-state index is 9.80. The number of thiazole rings is 1. The molecule has 0 bridgehead atoms. The molecule has 35 heavy (non-hydrogen) atoms. The first-order chi connectivity index (χ1) is 17.1. The number of benzene rings is 1. The zero-order valence-electron chi connectivity index (χ0n) is 19.5. The summed E-state index contributed by atoms with van der Waals surface area (Å²) >= 11 is 1.56. The molecule has 3 aromatic heterocycles. The highest BCUT2D eigenvalue weighted by molar-refractivity contribution is 7.22. The Labute approximate surface area is 208 Å². The van der Waals surface area contributed by atoms with Crippen molar-refractivity contribution in [3.63, 3.8) is 0 Å². The maximum absolute atomic E-state index is 9.80. The first kappa shape index (κ1) is 23.2. The molecular weight excluding hydrogens is 458 g/mol. The number of nitrogens with one attached hydrogen (secondary N) is 3. The third-order valence-corrected chi connectivity index (χ3v) is 7.07. The lowest BCUT2D eigenvalue weighted by atomic mass is 9.93. The van der Waals surface area contributed by atoms with Crippen LogP contribution in [0.4, 0.5) is 16.8 Å². The van der Waals surface area contributed by atoms with Crippen molar-refractivity contribution in [3.8, 4) is 17.2 Å².